The molecule has 0 spiro atoms. The summed E-state index contributed by atoms with van der Waals surface area (Å²) in [6.45, 7) is 0. The summed E-state index contributed by atoms with van der Waals surface area (Å²) in [5.41, 5.74) is -0.146. The fraction of sp³-hybridized carbons (Fsp3) is 0. The molecule has 0 atom stereocenters. The minimum atomic E-state index is -0.877. The summed E-state index contributed by atoms with van der Waals surface area (Å²) in [6, 6.07) is 3.48. The summed E-state index contributed by atoms with van der Waals surface area (Å²) < 4.78 is 0. The molecule has 18 heavy (non-hydrogen) atoms. The maximum absolute atomic E-state index is 11.4. The van der Waals surface area contributed by atoms with E-state index >= 15 is 0 Å². The normalized spacial score (nSPS) is 15.2. The molecule has 0 aliphatic carbocycles. The average Bonchev–Trinajstić information content (AvgIpc) is 2.28. The lowest BCUT2D eigenvalue weighted by Crippen LogP contribution is -2.56. The van der Waals surface area contributed by atoms with E-state index in [0.29, 0.717) is 5.02 Å². The van der Waals surface area contributed by atoms with Gasteiger partial charge in [0.2, 0.25) is 0 Å². The highest BCUT2D eigenvalue weighted by Crippen LogP contribution is 2.26. The van der Waals surface area contributed by atoms with Gasteiger partial charge >= 0.3 is 6.03 Å². The van der Waals surface area contributed by atoms with E-state index in [1.54, 1.807) is 0 Å². The molecular formula is C10H5Cl2N3O3. The first-order valence-corrected chi connectivity index (χ1v) is 5.43. The van der Waals surface area contributed by atoms with Crippen molar-refractivity contribution in [3.05, 3.63) is 28.2 Å². The molecule has 1 aromatic rings. The molecule has 92 valence electrons. The third-order valence-electron chi connectivity index (χ3n) is 2.03. The average molecular weight is 286 g/mol. The van der Waals surface area contributed by atoms with Crippen molar-refractivity contribution in [3.63, 3.8) is 0 Å². The number of carbonyl (C=O) groups excluding carboxylic acids is 3. The third-order valence-corrected chi connectivity index (χ3v) is 2.77. The smallest absolute Gasteiger partial charge is 0.272 e. The summed E-state index contributed by atoms with van der Waals surface area (Å²) in [5, 5.41) is 4.38. The molecule has 2 rings (SSSR count). The third kappa shape index (κ3) is 2.49. The summed E-state index contributed by atoms with van der Waals surface area (Å²) >= 11 is 11.5. The number of carbonyl (C=O) groups is 3. The van der Waals surface area contributed by atoms with E-state index in [1.165, 1.54) is 18.2 Å². The fourth-order valence-electron chi connectivity index (χ4n) is 1.24. The lowest BCUT2D eigenvalue weighted by Gasteiger charge is -2.12. The number of halogens is 2. The van der Waals surface area contributed by atoms with Gasteiger partial charge in [0.1, 0.15) is 0 Å². The Morgan fingerprint density at radius 3 is 2.11 bits per heavy atom. The number of amides is 4. The van der Waals surface area contributed by atoms with Gasteiger partial charge in [0.15, 0.2) is 5.71 Å². The van der Waals surface area contributed by atoms with E-state index in [0.717, 1.165) is 0 Å². The van der Waals surface area contributed by atoms with Crippen LogP contribution in [0, 0.1) is 0 Å². The molecule has 0 radical (unpaired) electrons. The van der Waals surface area contributed by atoms with Crippen molar-refractivity contribution < 1.29 is 14.4 Å². The van der Waals surface area contributed by atoms with E-state index in [2.05, 4.69) is 4.99 Å². The Balaban J connectivity index is 2.37. The van der Waals surface area contributed by atoms with E-state index in [1.807, 2.05) is 10.6 Å². The van der Waals surface area contributed by atoms with Gasteiger partial charge in [-0.3, -0.25) is 20.2 Å². The molecule has 1 aliphatic rings. The van der Waals surface area contributed by atoms with Crippen molar-refractivity contribution in [3.8, 4) is 0 Å². The topological polar surface area (TPSA) is 87.6 Å². The Kier molecular flexibility index (Phi) is 3.31. The number of benzene rings is 1. The first-order valence-electron chi connectivity index (χ1n) is 4.68. The van der Waals surface area contributed by atoms with Crippen LogP contribution in [-0.2, 0) is 9.59 Å². The fourth-order valence-corrected chi connectivity index (χ4v) is 1.54. The lowest BCUT2D eigenvalue weighted by atomic mass is 10.2. The number of nitrogens with zero attached hydrogens (tertiary/aromatic N) is 1. The maximum Gasteiger partial charge on any atom is 0.328 e. The molecule has 0 aromatic heterocycles. The molecule has 1 aliphatic heterocycles. The molecule has 1 aromatic carbocycles. The summed E-state index contributed by atoms with van der Waals surface area (Å²) in [5.74, 6) is -1.73. The number of rotatable bonds is 1. The van der Waals surface area contributed by atoms with Crippen molar-refractivity contribution in [2.75, 3.05) is 0 Å². The standard InChI is InChI=1S/C10H5Cl2N3O3/c11-5-2-1-4(3-6(5)12)13-7-8(16)14-10(18)15-9(7)17/h1-3H,(H2,14,15,16,17,18). The number of urea groups is 1. The minimum Gasteiger partial charge on any atom is -0.272 e. The van der Waals surface area contributed by atoms with Crippen LogP contribution in [0.2, 0.25) is 10.0 Å². The summed E-state index contributed by atoms with van der Waals surface area (Å²) in [6.07, 6.45) is 0. The highest BCUT2D eigenvalue weighted by molar-refractivity contribution is 6.69. The number of aliphatic imine (C=N–C) groups is 1. The second-order valence-electron chi connectivity index (χ2n) is 3.30. The monoisotopic (exact) mass is 285 g/mol. The zero-order valence-corrected chi connectivity index (χ0v) is 10.2. The van der Waals surface area contributed by atoms with Crippen LogP contribution in [0.15, 0.2) is 23.2 Å². The molecule has 1 heterocycles. The van der Waals surface area contributed by atoms with Crippen molar-refractivity contribution >= 4 is 52.4 Å². The molecule has 1 saturated heterocycles. The van der Waals surface area contributed by atoms with E-state index in [-0.39, 0.29) is 10.7 Å². The Morgan fingerprint density at radius 1 is 0.944 bits per heavy atom. The van der Waals surface area contributed by atoms with E-state index in [9.17, 15) is 14.4 Å². The zero-order chi connectivity index (χ0) is 13.3. The lowest BCUT2D eigenvalue weighted by molar-refractivity contribution is -0.119. The van der Waals surface area contributed by atoms with Crippen LogP contribution in [-0.4, -0.2) is 23.6 Å². The first kappa shape index (κ1) is 12.5. The van der Waals surface area contributed by atoms with Gasteiger partial charge in [-0.2, -0.15) is 0 Å². The largest absolute Gasteiger partial charge is 0.328 e. The molecule has 4 amide bonds. The minimum absolute atomic E-state index is 0.242. The predicted octanol–water partition coefficient (Wildman–Crippen LogP) is 1.43. The second-order valence-corrected chi connectivity index (χ2v) is 4.11. The van der Waals surface area contributed by atoms with Crippen molar-refractivity contribution in [2.24, 2.45) is 4.99 Å². The van der Waals surface area contributed by atoms with Crippen LogP contribution in [0.25, 0.3) is 0 Å². The van der Waals surface area contributed by atoms with E-state index in [4.69, 9.17) is 23.2 Å². The number of imide groups is 2. The Hall–Kier alpha value is -1.92. The van der Waals surface area contributed by atoms with Crippen LogP contribution in [0.4, 0.5) is 10.5 Å². The number of hydrogen-bond donors (Lipinski definition) is 2. The predicted molar refractivity (Wildman–Crippen MR) is 65.2 cm³/mol. The molecule has 8 heteroatoms. The molecule has 6 nitrogen and oxygen atoms in total. The SMILES string of the molecule is O=C1NC(=O)C(=Nc2ccc(Cl)c(Cl)c2)C(=O)N1. The van der Waals surface area contributed by atoms with Crippen LogP contribution in [0.3, 0.4) is 0 Å². The van der Waals surface area contributed by atoms with Crippen LogP contribution >= 0.6 is 23.2 Å². The van der Waals surface area contributed by atoms with Gasteiger partial charge in [-0.15, -0.1) is 0 Å². The number of nitrogens with one attached hydrogen (secondary N) is 2. The van der Waals surface area contributed by atoms with Gasteiger partial charge in [-0.05, 0) is 18.2 Å². The van der Waals surface area contributed by atoms with Crippen LogP contribution < -0.4 is 10.6 Å². The van der Waals surface area contributed by atoms with Gasteiger partial charge in [0.05, 0.1) is 15.7 Å². The number of barbiturate groups is 1. The van der Waals surface area contributed by atoms with Crippen molar-refractivity contribution in [2.45, 2.75) is 0 Å². The quantitative estimate of drug-likeness (QED) is 0.818. The highest BCUT2D eigenvalue weighted by atomic mass is 35.5. The Morgan fingerprint density at radius 2 is 1.56 bits per heavy atom. The molecule has 0 unspecified atom stereocenters. The van der Waals surface area contributed by atoms with Crippen molar-refractivity contribution in [1.29, 1.82) is 0 Å². The van der Waals surface area contributed by atoms with Crippen molar-refractivity contribution in [1.82, 2.24) is 10.6 Å². The number of hydrogen-bond acceptors (Lipinski definition) is 4. The van der Waals surface area contributed by atoms with Gasteiger partial charge in [0.25, 0.3) is 11.8 Å². The Labute approximate surface area is 111 Å². The van der Waals surface area contributed by atoms with Gasteiger partial charge < -0.3 is 0 Å². The van der Waals surface area contributed by atoms with Crippen LogP contribution in [0.5, 0.6) is 0 Å². The van der Waals surface area contributed by atoms with Gasteiger partial charge in [0, 0.05) is 0 Å². The molecule has 2 N–H and O–H groups in total. The summed E-state index contributed by atoms with van der Waals surface area (Å²) in [4.78, 5) is 37.4. The van der Waals surface area contributed by atoms with Gasteiger partial charge in [-0.25, -0.2) is 9.79 Å². The first-order chi connectivity index (χ1) is 8.47. The van der Waals surface area contributed by atoms with Gasteiger partial charge in [-0.1, -0.05) is 23.2 Å². The maximum atomic E-state index is 11.4. The summed E-state index contributed by atoms with van der Waals surface area (Å²) in [7, 11) is 0. The highest BCUT2D eigenvalue weighted by Gasteiger charge is 2.29. The van der Waals surface area contributed by atoms with E-state index < -0.39 is 23.6 Å². The molecule has 0 saturated carbocycles. The molecular weight excluding hydrogens is 281 g/mol. The zero-order valence-electron chi connectivity index (χ0n) is 8.66. The second kappa shape index (κ2) is 4.75. The van der Waals surface area contributed by atoms with Crippen LogP contribution in [0.1, 0.15) is 0 Å². The Bertz CT molecular complexity index is 576. The molecule has 1 fully saturated rings. The molecule has 0 bridgehead atoms.